The number of pyridine rings is 1. The van der Waals surface area contributed by atoms with E-state index in [9.17, 15) is 4.79 Å². The molecule has 1 aliphatic rings. The van der Waals surface area contributed by atoms with Crippen LogP contribution in [0.4, 0.5) is 11.7 Å². The number of aliphatic imine (C=N–C) groups is 1. The van der Waals surface area contributed by atoms with Crippen LogP contribution in [0.15, 0.2) is 88.4 Å². The first-order valence-corrected chi connectivity index (χ1v) is 9.33. The van der Waals surface area contributed by atoms with Gasteiger partial charge in [0.25, 0.3) is 5.91 Å². The topological polar surface area (TPSA) is 105 Å². The summed E-state index contributed by atoms with van der Waals surface area (Å²) in [5, 5.41) is 13.8. The second-order valence-corrected chi connectivity index (χ2v) is 6.56. The summed E-state index contributed by atoms with van der Waals surface area (Å²) in [5.41, 5.74) is 3.40. The smallest absolute Gasteiger partial charge is 0.317 e. The number of carbonyl (C=O) groups is 1. The molecular weight excluding hydrogens is 380 g/mol. The Balaban J connectivity index is 1.51. The summed E-state index contributed by atoms with van der Waals surface area (Å²) < 4.78 is 5.68. The second-order valence-electron chi connectivity index (χ2n) is 6.56. The zero-order chi connectivity index (χ0) is 20.3. The van der Waals surface area contributed by atoms with Crippen LogP contribution in [-0.2, 0) is 4.79 Å². The zero-order valence-electron chi connectivity index (χ0n) is 15.7. The van der Waals surface area contributed by atoms with E-state index in [-0.39, 0.29) is 11.9 Å². The maximum atomic E-state index is 12.8. The van der Waals surface area contributed by atoms with Crippen LogP contribution in [0.2, 0.25) is 0 Å². The van der Waals surface area contributed by atoms with Gasteiger partial charge in [-0.2, -0.15) is 0 Å². The Hall–Kier alpha value is -4.33. The highest BCUT2D eigenvalue weighted by atomic mass is 16.4. The fraction of sp³-hybridized carbons (Fsp3) is 0.0455. The van der Waals surface area contributed by atoms with Crippen LogP contribution in [-0.4, -0.2) is 33.0 Å². The predicted octanol–water partition coefficient (Wildman–Crippen LogP) is 3.36. The minimum absolute atomic E-state index is 0.101. The summed E-state index contributed by atoms with van der Waals surface area (Å²) in [5.74, 6) is -0.000937. The van der Waals surface area contributed by atoms with Crippen LogP contribution in [0, 0.1) is 0 Å². The molecule has 30 heavy (non-hydrogen) atoms. The minimum Gasteiger partial charge on any atom is -0.403 e. The summed E-state index contributed by atoms with van der Waals surface area (Å²) >= 11 is 0. The first kappa shape index (κ1) is 17.7. The van der Waals surface area contributed by atoms with Gasteiger partial charge in [0, 0.05) is 17.3 Å². The molecule has 0 bridgehead atoms. The Morgan fingerprint density at radius 3 is 2.37 bits per heavy atom. The summed E-state index contributed by atoms with van der Waals surface area (Å²) in [6.45, 7) is 0. The largest absolute Gasteiger partial charge is 0.403 e. The van der Waals surface area contributed by atoms with Crippen LogP contribution >= 0.6 is 0 Å². The molecule has 1 amide bonds. The van der Waals surface area contributed by atoms with Crippen LogP contribution in [0.5, 0.6) is 0 Å². The average molecular weight is 396 g/mol. The molecule has 5 rings (SSSR count). The summed E-state index contributed by atoms with van der Waals surface area (Å²) in [6, 6.07) is 22.6. The summed E-state index contributed by atoms with van der Waals surface area (Å²) in [6.07, 6.45) is 0.694. The van der Waals surface area contributed by atoms with Crippen molar-refractivity contribution in [2.45, 2.75) is 6.17 Å². The molecule has 0 saturated carbocycles. The van der Waals surface area contributed by atoms with Crippen LogP contribution in [0.25, 0.3) is 11.5 Å². The van der Waals surface area contributed by atoms with E-state index in [1.165, 1.54) is 0 Å². The molecule has 2 N–H and O–H groups in total. The van der Waals surface area contributed by atoms with E-state index in [0.29, 0.717) is 23.0 Å². The molecule has 0 saturated heterocycles. The molecule has 2 aromatic carbocycles. The Morgan fingerprint density at radius 2 is 1.60 bits per heavy atom. The monoisotopic (exact) mass is 396 g/mol. The summed E-state index contributed by atoms with van der Waals surface area (Å²) in [4.78, 5) is 21.9. The van der Waals surface area contributed by atoms with E-state index in [1.54, 1.807) is 18.3 Å². The lowest BCUT2D eigenvalue weighted by atomic mass is 10.1. The van der Waals surface area contributed by atoms with Crippen LogP contribution < -0.4 is 10.6 Å². The number of fused-ring (bicyclic) bond motifs is 1. The molecule has 0 radical (unpaired) electrons. The molecule has 1 unspecified atom stereocenters. The standard InChI is InChI=1S/C22H16N6O2/c29-20-19(26-22-28-27-21(30-22)15-10-5-2-6-11-15)25-17(14-8-3-1-4-9-14)18-16(24-20)12-7-13-23-18/h1-13,19H,(H,24,29)(H,26,28). The third-order valence-corrected chi connectivity index (χ3v) is 4.55. The number of carbonyl (C=O) groups excluding carboxylic acids is 1. The highest BCUT2D eigenvalue weighted by Gasteiger charge is 2.27. The number of anilines is 2. The van der Waals surface area contributed by atoms with Gasteiger partial charge in [0.15, 0.2) is 0 Å². The zero-order valence-corrected chi connectivity index (χ0v) is 15.7. The molecule has 2 aromatic heterocycles. The first-order valence-electron chi connectivity index (χ1n) is 9.33. The molecule has 0 aliphatic carbocycles. The van der Waals surface area contributed by atoms with Crippen molar-refractivity contribution < 1.29 is 9.21 Å². The number of aromatic nitrogens is 3. The average Bonchev–Trinajstić information content (AvgIpc) is 3.21. The van der Waals surface area contributed by atoms with Gasteiger partial charge in [-0.1, -0.05) is 53.6 Å². The molecule has 1 aliphatic heterocycles. The van der Waals surface area contributed by atoms with Gasteiger partial charge in [-0.05, 0) is 24.3 Å². The van der Waals surface area contributed by atoms with Gasteiger partial charge in [-0.15, -0.1) is 5.10 Å². The highest BCUT2D eigenvalue weighted by molar-refractivity contribution is 6.18. The van der Waals surface area contributed by atoms with Crippen molar-refractivity contribution in [1.82, 2.24) is 15.2 Å². The molecule has 0 fully saturated rings. The van der Waals surface area contributed by atoms with Gasteiger partial charge >= 0.3 is 6.01 Å². The SMILES string of the molecule is O=C1Nc2cccnc2C(c2ccccc2)=NC1Nc1nnc(-c2ccccc2)o1. The van der Waals surface area contributed by atoms with E-state index < -0.39 is 6.17 Å². The normalized spacial score (nSPS) is 15.5. The second kappa shape index (κ2) is 7.59. The van der Waals surface area contributed by atoms with Gasteiger partial charge in [0.05, 0.1) is 11.4 Å². The predicted molar refractivity (Wildman–Crippen MR) is 112 cm³/mol. The highest BCUT2D eigenvalue weighted by Crippen LogP contribution is 2.24. The van der Waals surface area contributed by atoms with E-state index in [2.05, 4.69) is 30.8 Å². The van der Waals surface area contributed by atoms with Gasteiger partial charge in [0.1, 0.15) is 5.69 Å². The molecule has 0 spiro atoms. The molecule has 8 heteroatoms. The lowest BCUT2D eigenvalue weighted by molar-refractivity contribution is -0.116. The number of benzene rings is 2. The molecule has 4 aromatic rings. The maximum absolute atomic E-state index is 12.8. The molecule has 146 valence electrons. The minimum atomic E-state index is -0.974. The third-order valence-electron chi connectivity index (χ3n) is 4.55. The van der Waals surface area contributed by atoms with E-state index in [4.69, 9.17) is 4.42 Å². The van der Waals surface area contributed by atoms with Crippen molar-refractivity contribution in [2.24, 2.45) is 4.99 Å². The van der Waals surface area contributed by atoms with E-state index in [0.717, 1.165) is 11.1 Å². The number of nitrogens with zero attached hydrogens (tertiary/aromatic N) is 4. The molecular formula is C22H16N6O2. The van der Waals surface area contributed by atoms with Crippen molar-refractivity contribution >= 4 is 23.3 Å². The Morgan fingerprint density at radius 1 is 0.867 bits per heavy atom. The first-order chi connectivity index (χ1) is 14.8. The Bertz CT molecular complexity index is 1220. The van der Waals surface area contributed by atoms with Crippen molar-refractivity contribution in [2.75, 3.05) is 10.6 Å². The number of hydrogen-bond donors (Lipinski definition) is 2. The number of amides is 1. The van der Waals surface area contributed by atoms with Gasteiger partial charge < -0.3 is 15.1 Å². The molecule has 8 nitrogen and oxygen atoms in total. The molecule has 1 atom stereocenters. The summed E-state index contributed by atoms with van der Waals surface area (Å²) in [7, 11) is 0. The number of nitrogens with one attached hydrogen (secondary N) is 2. The van der Waals surface area contributed by atoms with Crippen molar-refractivity contribution in [3.63, 3.8) is 0 Å². The third kappa shape index (κ3) is 3.42. The lowest BCUT2D eigenvalue weighted by Gasteiger charge is -2.10. The van der Waals surface area contributed by atoms with Crippen LogP contribution in [0.3, 0.4) is 0 Å². The maximum Gasteiger partial charge on any atom is 0.317 e. The van der Waals surface area contributed by atoms with E-state index in [1.807, 2.05) is 60.7 Å². The fourth-order valence-corrected chi connectivity index (χ4v) is 3.15. The lowest BCUT2D eigenvalue weighted by Crippen LogP contribution is -2.32. The number of rotatable bonds is 4. The van der Waals surface area contributed by atoms with Crippen LogP contribution in [0.1, 0.15) is 11.3 Å². The van der Waals surface area contributed by atoms with Crippen molar-refractivity contribution in [3.05, 3.63) is 90.3 Å². The fourth-order valence-electron chi connectivity index (χ4n) is 3.15. The van der Waals surface area contributed by atoms with Crippen molar-refractivity contribution in [3.8, 4) is 11.5 Å². The molecule has 3 heterocycles. The Kier molecular flexibility index (Phi) is 4.49. The quantitative estimate of drug-likeness (QED) is 0.548. The van der Waals surface area contributed by atoms with Gasteiger partial charge in [0.2, 0.25) is 12.1 Å². The van der Waals surface area contributed by atoms with Gasteiger partial charge in [-0.3, -0.25) is 9.78 Å². The van der Waals surface area contributed by atoms with E-state index >= 15 is 0 Å². The Labute approximate surface area is 171 Å². The van der Waals surface area contributed by atoms with Crippen molar-refractivity contribution in [1.29, 1.82) is 0 Å². The number of hydrogen-bond acceptors (Lipinski definition) is 7. The van der Waals surface area contributed by atoms with Gasteiger partial charge in [-0.25, -0.2) is 4.99 Å².